The molecule has 1 heterocycles. The minimum absolute atomic E-state index is 0.223. The highest BCUT2D eigenvalue weighted by Gasteiger charge is 2.13. The predicted octanol–water partition coefficient (Wildman–Crippen LogP) is 2.59. The molecule has 7 nitrogen and oxygen atoms in total. The van der Waals surface area contributed by atoms with Gasteiger partial charge >= 0.3 is 0 Å². The van der Waals surface area contributed by atoms with Gasteiger partial charge < -0.3 is 24.1 Å². The molecule has 0 bridgehead atoms. The van der Waals surface area contributed by atoms with E-state index in [0.717, 1.165) is 11.4 Å². The summed E-state index contributed by atoms with van der Waals surface area (Å²) in [5.74, 6) is 2.32. The fourth-order valence-corrected chi connectivity index (χ4v) is 2.84. The van der Waals surface area contributed by atoms with Gasteiger partial charge in [0, 0.05) is 13.1 Å². The van der Waals surface area contributed by atoms with Gasteiger partial charge in [-0.2, -0.15) is 0 Å². The lowest BCUT2D eigenvalue weighted by molar-refractivity contribution is 0.355. The number of anilines is 1. The second-order valence-corrected chi connectivity index (χ2v) is 5.76. The van der Waals surface area contributed by atoms with Gasteiger partial charge in [-0.15, -0.1) is 0 Å². The van der Waals surface area contributed by atoms with Crippen molar-refractivity contribution in [1.29, 1.82) is 0 Å². The molecule has 0 saturated heterocycles. The monoisotopic (exact) mass is 355 g/mol. The number of ether oxygens (including phenoxy) is 3. The molecule has 3 aromatic rings. The topological polar surface area (TPSA) is 76.7 Å². The number of methoxy groups -OCH3 is 3. The van der Waals surface area contributed by atoms with Gasteiger partial charge in [-0.3, -0.25) is 4.79 Å². The van der Waals surface area contributed by atoms with Crippen LogP contribution in [0.25, 0.3) is 10.9 Å². The molecule has 0 radical (unpaired) electrons. The molecule has 2 aromatic carbocycles. The molecule has 3 rings (SSSR count). The first-order valence-electron chi connectivity index (χ1n) is 8.06. The number of para-hydroxylation sites is 2. The molecule has 0 saturated carbocycles. The highest BCUT2D eigenvalue weighted by Crippen LogP contribution is 2.30. The lowest BCUT2D eigenvalue weighted by atomic mass is 10.2. The molecular weight excluding hydrogens is 334 g/mol. The molecule has 0 aliphatic heterocycles. The molecule has 0 unspecified atom stereocenters. The summed E-state index contributed by atoms with van der Waals surface area (Å²) in [7, 11) is 6.62. The number of hydrogen-bond donors (Lipinski definition) is 1. The van der Waals surface area contributed by atoms with Crippen molar-refractivity contribution >= 4 is 16.6 Å². The fraction of sp³-hybridized carbons (Fsp3) is 0.263. The van der Waals surface area contributed by atoms with E-state index in [2.05, 4.69) is 9.97 Å². The van der Waals surface area contributed by atoms with E-state index in [0.29, 0.717) is 34.8 Å². The first-order chi connectivity index (χ1) is 12.6. The van der Waals surface area contributed by atoms with Crippen LogP contribution in [0.5, 0.6) is 17.2 Å². The number of aromatic amines is 1. The maximum absolute atomic E-state index is 12.5. The highest BCUT2D eigenvalue weighted by atomic mass is 16.5. The van der Waals surface area contributed by atoms with E-state index >= 15 is 0 Å². The Hall–Kier alpha value is -3.22. The third-order valence-corrected chi connectivity index (χ3v) is 4.14. The van der Waals surface area contributed by atoms with Crippen molar-refractivity contribution in [3.63, 3.8) is 0 Å². The van der Waals surface area contributed by atoms with Crippen LogP contribution in [0.3, 0.4) is 0 Å². The van der Waals surface area contributed by atoms with Crippen molar-refractivity contribution in [1.82, 2.24) is 9.97 Å². The minimum Gasteiger partial charge on any atom is -0.495 e. The lowest BCUT2D eigenvalue weighted by Crippen LogP contribution is -2.22. The molecule has 0 aliphatic carbocycles. The normalized spacial score (nSPS) is 10.6. The molecule has 0 aliphatic rings. The molecule has 26 heavy (non-hydrogen) atoms. The fourth-order valence-electron chi connectivity index (χ4n) is 2.84. The first-order valence-corrected chi connectivity index (χ1v) is 8.06. The summed E-state index contributed by atoms with van der Waals surface area (Å²) in [5, 5.41) is 0.450. The molecule has 7 heteroatoms. The number of rotatable bonds is 6. The number of benzene rings is 2. The predicted molar refractivity (Wildman–Crippen MR) is 101 cm³/mol. The van der Waals surface area contributed by atoms with Crippen LogP contribution in [-0.4, -0.2) is 38.3 Å². The molecule has 0 atom stereocenters. The third kappa shape index (κ3) is 3.28. The van der Waals surface area contributed by atoms with Gasteiger partial charge in [0.05, 0.1) is 44.5 Å². The van der Waals surface area contributed by atoms with E-state index in [1.54, 1.807) is 26.4 Å². The van der Waals surface area contributed by atoms with E-state index in [-0.39, 0.29) is 5.56 Å². The maximum atomic E-state index is 12.5. The summed E-state index contributed by atoms with van der Waals surface area (Å²) in [4.78, 5) is 21.8. The molecule has 0 fully saturated rings. The van der Waals surface area contributed by atoms with Crippen LogP contribution in [0.4, 0.5) is 5.69 Å². The minimum atomic E-state index is -0.223. The van der Waals surface area contributed by atoms with Gasteiger partial charge in [0.25, 0.3) is 5.56 Å². The quantitative estimate of drug-likeness (QED) is 0.732. The van der Waals surface area contributed by atoms with Crippen molar-refractivity contribution < 1.29 is 14.2 Å². The van der Waals surface area contributed by atoms with E-state index in [1.165, 1.54) is 7.11 Å². The van der Waals surface area contributed by atoms with Crippen molar-refractivity contribution in [3.8, 4) is 17.2 Å². The largest absolute Gasteiger partial charge is 0.495 e. The molecule has 1 aromatic heterocycles. The summed E-state index contributed by atoms with van der Waals surface area (Å²) in [6, 6.07) is 11.0. The van der Waals surface area contributed by atoms with Crippen molar-refractivity contribution in [2.24, 2.45) is 0 Å². The van der Waals surface area contributed by atoms with Crippen LogP contribution in [-0.2, 0) is 6.54 Å². The number of aromatic nitrogens is 2. The van der Waals surface area contributed by atoms with Crippen molar-refractivity contribution in [2.75, 3.05) is 33.3 Å². The van der Waals surface area contributed by atoms with Crippen molar-refractivity contribution in [3.05, 3.63) is 52.6 Å². The Morgan fingerprint density at radius 2 is 1.65 bits per heavy atom. The standard InChI is InChI=1S/C19H21N3O4/c1-22(14-7-5-6-8-15(14)24-2)11-18-20-13-10-17(26-4)16(25-3)9-12(13)19(23)21-18/h5-10H,11H2,1-4H3,(H,20,21,23). The summed E-state index contributed by atoms with van der Waals surface area (Å²) < 4.78 is 15.9. The highest BCUT2D eigenvalue weighted by molar-refractivity contribution is 5.81. The van der Waals surface area contributed by atoms with Crippen molar-refractivity contribution in [2.45, 2.75) is 6.54 Å². The van der Waals surface area contributed by atoms with Crippen LogP contribution < -0.4 is 24.7 Å². The number of H-pyrrole nitrogens is 1. The molecule has 136 valence electrons. The Kier molecular flexibility index (Phi) is 4.97. The Labute approximate surface area is 151 Å². The Morgan fingerprint density at radius 3 is 2.35 bits per heavy atom. The second-order valence-electron chi connectivity index (χ2n) is 5.76. The zero-order valence-corrected chi connectivity index (χ0v) is 15.2. The van der Waals surface area contributed by atoms with Crippen LogP contribution in [0.15, 0.2) is 41.2 Å². The van der Waals surface area contributed by atoms with Gasteiger partial charge in [-0.1, -0.05) is 12.1 Å². The van der Waals surface area contributed by atoms with E-state index in [9.17, 15) is 4.79 Å². The van der Waals surface area contributed by atoms with Gasteiger partial charge in [-0.25, -0.2) is 4.98 Å². The van der Waals surface area contributed by atoms with Crippen LogP contribution in [0, 0.1) is 0 Å². The third-order valence-electron chi connectivity index (χ3n) is 4.14. The number of hydrogen-bond acceptors (Lipinski definition) is 6. The maximum Gasteiger partial charge on any atom is 0.258 e. The summed E-state index contributed by atoms with van der Waals surface area (Å²) in [6.07, 6.45) is 0. The zero-order chi connectivity index (χ0) is 18.7. The summed E-state index contributed by atoms with van der Waals surface area (Å²) in [5.41, 5.74) is 1.24. The molecule has 1 N–H and O–H groups in total. The Balaban J connectivity index is 1.99. The van der Waals surface area contributed by atoms with Gasteiger partial charge in [0.2, 0.25) is 0 Å². The van der Waals surface area contributed by atoms with Crippen LogP contribution in [0.2, 0.25) is 0 Å². The summed E-state index contributed by atoms with van der Waals surface area (Å²) >= 11 is 0. The van der Waals surface area contributed by atoms with E-state index in [1.807, 2.05) is 36.2 Å². The van der Waals surface area contributed by atoms with Crippen LogP contribution in [0.1, 0.15) is 5.82 Å². The average molecular weight is 355 g/mol. The number of nitrogens with zero attached hydrogens (tertiary/aromatic N) is 2. The Bertz CT molecular complexity index is 984. The van der Waals surface area contributed by atoms with E-state index < -0.39 is 0 Å². The zero-order valence-electron chi connectivity index (χ0n) is 15.2. The first kappa shape index (κ1) is 17.6. The SMILES string of the molecule is COc1cc2nc(CN(C)c3ccccc3OC)[nH]c(=O)c2cc1OC. The molecule has 0 spiro atoms. The lowest BCUT2D eigenvalue weighted by Gasteiger charge is -2.21. The Morgan fingerprint density at radius 1 is 1.00 bits per heavy atom. The summed E-state index contributed by atoms with van der Waals surface area (Å²) in [6.45, 7) is 0.417. The molecular formula is C19H21N3O4. The second kappa shape index (κ2) is 7.35. The smallest absolute Gasteiger partial charge is 0.258 e. The van der Waals surface area contributed by atoms with Crippen LogP contribution >= 0.6 is 0 Å². The average Bonchev–Trinajstić information content (AvgIpc) is 2.66. The van der Waals surface area contributed by atoms with E-state index in [4.69, 9.17) is 14.2 Å². The van der Waals surface area contributed by atoms with Gasteiger partial charge in [-0.05, 0) is 18.2 Å². The van der Waals surface area contributed by atoms with Gasteiger partial charge in [0.15, 0.2) is 11.5 Å². The number of nitrogens with one attached hydrogen (secondary N) is 1. The molecule has 0 amide bonds. The number of fused-ring (bicyclic) bond motifs is 1. The van der Waals surface area contributed by atoms with Gasteiger partial charge in [0.1, 0.15) is 11.6 Å².